The maximum Gasteiger partial charge on any atom is 0.244 e. The third kappa shape index (κ3) is 8.49. The van der Waals surface area contributed by atoms with Gasteiger partial charge in [-0.2, -0.15) is 0 Å². The van der Waals surface area contributed by atoms with Crippen molar-refractivity contribution >= 4 is 50.7 Å². The number of nitrogens with zero attached hydrogens (tertiary/aromatic N) is 2. The monoisotopic (exact) mass is 629 g/mol. The summed E-state index contributed by atoms with van der Waals surface area (Å²) in [5.74, 6) is -0.768. The van der Waals surface area contributed by atoms with E-state index in [9.17, 15) is 18.0 Å². The predicted molar refractivity (Wildman–Crippen MR) is 169 cm³/mol. The van der Waals surface area contributed by atoms with Crippen molar-refractivity contribution in [1.29, 1.82) is 0 Å². The largest absolute Gasteiger partial charge is 0.352 e. The van der Waals surface area contributed by atoms with E-state index in [1.165, 1.54) is 4.90 Å². The van der Waals surface area contributed by atoms with E-state index < -0.39 is 28.5 Å². The van der Waals surface area contributed by atoms with Crippen LogP contribution in [0.15, 0.2) is 72.8 Å². The highest BCUT2D eigenvalue weighted by molar-refractivity contribution is 7.92. The lowest BCUT2D eigenvalue weighted by atomic mass is 9.94. The minimum atomic E-state index is -3.84. The summed E-state index contributed by atoms with van der Waals surface area (Å²) in [6, 6.07) is 20.7. The summed E-state index contributed by atoms with van der Waals surface area (Å²) in [5.41, 5.74) is 2.67. The molecule has 1 aliphatic carbocycles. The quantitative estimate of drug-likeness (QED) is 0.275. The minimum absolute atomic E-state index is 0.0333. The summed E-state index contributed by atoms with van der Waals surface area (Å²) in [5, 5.41) is 3.89. The van der Waals surface area contributed by atoms with Crippen molar-refractivity contribution in [2.75, 3.05) is 17.1 Å². The molecule has 0 bridgehead atoms. The smallest absolute Gasteiger partial charge is 0.244 e. The van der Waals surface area contributed by atoms with Gasteiger partial charge < -0.3 is 10.2 Å². The van der Waals surface area contributed by atoms with Crippen LogP contribution in [0.2, 0.25) is 10.0 Å². The van der Waals surface area contributed by atoms with E-state index in [0.717, 1.165) is 48.2 Å². The van der Waals surface area contributed by atoms with Crippen LogP contribution in [0.4, 0.5) is 5.69 Å². The van der Waals surface area contributed by atoms with Crippen molar-refractivity contribution in [3.05, 3.63) is 99.5 Å². The molecule has 0 unspecified atom stereocenters. The molecule has 0 aliphatic heterocycles. The number of amides is 2. The van der Waals surface area contributed by atoms with Crippen LogP contribution in [0.1, 0.15) is 48.8 Å². The molecule has 2 amide bonds. The van der Waals surface area contributed by atoms with E-state index >= 15 is 0 Å². The van der Waals surface area contributed by atoms with Gasteiger partial charge in [-0.3, -0.25) is 13.9 Å². The molecule has 1 saturated carbocycles. The topological polar surface area (TPSA) is 86.8 Å². The van der Waals surface area contributed by atoms with Gasteiger partial charge in [-0.15, -0.1) is 0 Å². The molecule has 0 spiro atoms. The Balaban J connectivity index is 1.74. The van der Waals surface area contributed by atoms with Gasteiger partial charge in [0, 0.05) is 19.0 Å². The molecule has 10 heteroatoms. The fourth-order valence-electron chi connectivity index (χ4n) is 5.37. The summed E-state index contributed by atoms with van der Waals surface area (Å²) in [6.07, 6.45) is 6.34. The Morgan fingerprint density at radius 3 is 2.21 bits per heavy atom. The van der Waals surface area contributed by atoms with E-state index in [4.69, 9.17) is 23.2 Å². The number of hydrogen-bond donors (Lipinski definition) is 1. The first-order chi connectivity index (χ1) is 20.0. The lowest BCUT2D eigenvalue weighted by Gasteiger charge is -2.35. The molecule has 224 valence electrons. The third-order valence-corrected chi connectivity index (χ3v) is 9.49. The van der Waals surface area contributed by atoms with Crippen LogP contribution in [0.3, 0.4) is 0 Å². The maximum atomic E-state index is 14.3. The Kier molecular flexibility index (Phi) is 10.9. The first-order valence-corrected chi connectivity index (χ1v) is 16.7. The number of sulfonamides is 1. The number of carbonyl (C=O) groups is 2. The summed E-state index contributed by atoms with van der Waals surface area (Å²) < 4.78 is 27.1. The Bertz CT molecular complexity index is 1490. The van der Waals surface area contributed by atoms with E-state index in [1.54, 1.807) is 43.3 Å². The fourth-order valence-corrected chi connectivity index (χ4v) is 6.60. The molecule has 0 heterocycles. The van der Waals surface area contributed by atoms with Crippen LogP contribution in [0.5, 0.6) is 0 Å². The van der Waals surface area contributed by atoms with E-state index in [-0.39, 0.29) is 24.9 Å². The summed E-state index contributed by atoms with van der Waals surface area (Å²) in [7, 11) is -3.84. The van der Waals surface area contributed by atoms with Crippen LogP contribution >= 0.6 is 23.2 Å². The number of benzene rings is 3. The molecule has 1 N–H and O–H groups in total. The zero-order valence-electron chi connectivity index (χ0n) is 23.9. The van der Waals surface area contributed by atoms with Gasteiger partial charge in [0.2, 0.25) is 21.8 Å². The standard InChI is InChI=1S/C32H37Cl2N3O4S/c1-23-11-9-10-16-29(23)37(42(2,40)41)22-31(38)36(21-25-17-18-27(33)28(34)19-25)30(20-24-12-5-3-6-13-24)32(39)35-26-14-7-4-8-15-26/h3,5-6,9-13,16-19,26,30H,4,7-8,14-15,20-22H2,1-2H3,(H,35,39)/t30-/m1/s1. The van der Waals surface area contributed by atoms with E-state index in [1.807, 2.05) is 36.4 Å². The Hall–Kier alpha value is -3.07. The third-order valence-electron chi connectivity index (χ3n) is 7.62. The molecule has 1 aliphatic rings. The molecule has 0 radical (unpaired) electrons. The van der Waals surface area contributed by atoms with Gasteiger partial charge in [0.15, 0.2) is 0 Å². The second-order valence-corrected chi connectivity index (χ2v) is 13.6. The first kappa shape index (κ1) is 31.9. The molecule has 7 nitrogen and oxygen atoms in total. The van der Waals surface area contributed by atoms with E-state index in [0.29, 0.717) is 26.9 Å². The van der Waals surface area contributed by atoms with Crippen molar-refractivity contribution in [3.63, 3.8) is 0 Å². The number of nitrogens with one attached hydrogen (secondary N) is 1. The van der Waals surface area contributed by atoms with Crippen LogP contribution in [-0.4, -0.2) is 50.0 Å². The molecule has 0 saturated heterocycles. The molecule has 3 aromatic carbocycles. The van der Waals surface area contributed by atoms with Gasteiger partial charge in [-0.1, -0.05) is 97.1 Å². The summed E-state index contributed by atoms with van der Waals surface area (Å²) in [4.78, 5) is 29.7. The van der Waals surface area contributed by atoms with Gasteiger partial charge in [-0.05, 0) is 54.7 Å². The zero-order valence-corrected chi connectivity index (χ0v) is 26.3. The number of halogens is 2. The second kappa shape index (κ2) is 14.4. The molecule has 1 fully saturated rings. The molecular weight excluding hydrogens is 593 g/mol. The number of carbonyl (C=O) groups excluding carboxylic acids is 2. The van der Waals surface area contributed by atoms with Crippen molar-refractivity contribution in [2.24, 2.45) is 0 Å². The lowest BCUT2D eigenvalue weighted by molar-refractivity contribution is -0.140. The summed E-state index contributed by atoms with van der Waals surface area (Å²) >= 11 is 12.5. The summed E-state index contributed by atoms with van der Waals surface area (Å²) in [6.45, 7) is 1.37. The van der Waals surface area contributed by atoms with Gasteiger partial charge in [-0.25, -0.2) is 8.42 Å². The van der Waals surface area contributed by atoms with Crippen molar-refractivity contribution in [1.82, 2.24) is 10.2 Å². The highest BCUT2D eigenvalue weighted by Gasteiger charge is 2.34. The first-order valence-electron chi connectivity index (χ1n) is 14.1. The SMILES string of the molecule is Cc1ccccc1N(CC(=O)N(Cc1ccc(Cl)c(Cl)c1)[C@H](Cc1ccccc1)C(=O)NC1CCCCC1)S(C)(=O)=O. The molecule has 4 rings (SSSR count). The number of rotatable bonds is 11. The van der Waals surface area contributed by atoms with Crippen molar-refractivity contribution in [2.45, 2.75) is 64.1 Å². The Morgan fingerprint density at radius 2 is 1.57 bits per heavy atom. The number of aryl methyl sites for hydroxylation is 1. The zero-order chi connectivity index (χ0) is 30.3. The highest BCUT2D eigenvalue weighted by Crippen LogP contribution is 2.26. The van der Waals surface area contributed by atoms with Crippen molar-refractivity contribution in [3.8, 4) is 0 Å². The van der Waals surface area contributed by atoms with Gasteiger partial charge in [0.05, 0.1) is 22.0 Å². The van der Waals surface area contributed by atoms with Gasteiger partial charge >= 0.3 is 0 Å². The molecular formula is C32H37Cl2N3O4S. The highest BCUT2D eigenvalue weighted by atomic mass is 35.5. The van der Waals surface area contributed by atoms with Gasteiger partial charge in [0.1, 0.15) is 12.6 Å². The van der Waals surface area contributed by atoms with Crippen LogP contribution in [-0.2, 0) is 32.6 Å². The minimum Gasteiger partial charge on any atom is -0.352 e. The van der Waals surface area contributed by atoms with Crippen LogP contribution in [0, 0.1) is 6.92 Å². The number of anilines is 1. The predicted octanol–water partition coefficient (Wildman–Crippen LogP) is 6.16. The average molecular weight is 631 g/mol. The average Bonchev–Trinajstić information content (AvgIpc) is 2.96. The molecule has 1 atom stereocenters. The van der Waals surface area contributed by atoms with E-state index in [2.05, 4.69) is 5.32 Å². The number of hydrogen-bond acceptors (Lipinski definition) is 4. The Labute approximate surface area is 258 Å². The molecule has 0 aromatic heterocycles. The second-order valence-electron chi connectivity index (χ2n) is 10.9. The number of para-hydroxylation sites is 1. The van der Waals surface area contributed by atoms with Gasteiger partial charge in [0.25, 0.3) is 0 Å². The Morgan fingerprint density at radius 1 is 0.905 bits per heavy atom. The van der Waals surface area contributed by atoms with Crippen molar-refractivity contribution < 1.29 is 18.0 Å². The fraction of sp³-hybridized carbons (Fsp3) is 0.375. The maximum absolute atomic E-state index is 14.3. The van der Waals surface area contributed by atoms with Crippen LogP contribution < -0.4 is 9.62 Å². The lowest BCUT2D eigenvalue weighted by Crippen LogP contribution is -2.55. The van der Waals surface area contributed by atoms with Crippen LogP contribution in [0.25, 0.3) is 0 Å². The normalized spacial score (nSPS) is 14.7. The molecule has 42 heavy (non-hydrogen) atoms. The molecule has 3 aromatic rings.